The molecule has 0 aliphatic rings. The number of nitrogens with zero attached hydrogens (tertiary/aromatic N) is 1. The van der Waals surface area contributed by atoms with Crippen LogP contribution in [0.1, 0.15) is 31.9 Å². The first-order valence-corrected chi connectivity index (χ1v) is 7.08. The molecule has 1 rings (SSSR count). The van der Waals surface area contributed by atoms with Crippen molar-refractivity contribution < 1.29 is 14.3 Å². The summed E-state index contributed by atoms with van der Waals surface area (Å²) in [5.74, 6) is -0.300. The van der Waals surface area contributed by atoms with E-state index < -0.39 is 12.1 Å². The molecule has 0 aliphatic carbocycles. The molecule has 1 aromatic rings. The van der Waals surface area contributed by atoms with E-state index >= 15 is 0 Å². The van der Waals surface area contributed by atoms with E-state index in [1.807, 2.05) is 37.3 Å². The molecule has 0 aromatic heterocycles. The number of allylic oxidation sites excluding steroid dienone is 2. The van der Waals surface area contributed by atoms with Gasteiger partial charge in [-0.05, 0) is 25.5 Å². The lowest BCUT2D eigenvalue weighted by atomic mass is 10.0. The molecule has 6 heteroatoms. The molecule has 0 unspecified atom stereocenters. The van der Waals surface area contributed by atoms with Crippen LogP contribution in [0.25, 0.3) is 0 Å². The van der Waals surface area contributed by atoms with E-state index in [0.717, 1.165) is 5.56 Å². The number of alkyl carbamates (subject to hydrolysis) is 1. The molecule has 0 aliphatic heterocycles. The van der Waals surface area contributed by atoms with Gasteiger partial charge in [-0.3, -0.25) is 4.79 Å². The lowest BCUT2D eigenvalue weighted by Gasteiger charge is -2.17. The first kappa shape index (κ1) is 17.4. The van der Waals surface area contributed by atoms with Crippen molar-refractivity contribution in [1.29, 1.82) is 0 Å². The molecule has 0 saturated carbocycles. The van der Waals surface area contributed by atoms with Crippen LogP contribution < -0.4 is 10.7 Å². The fourth-order valence-electron chi connectivity index (χ4n) is 1.72. The van der Waals surface area contributed by atoms with Crippen LogP contribution in [0.15, 0.2) is 47.6 Å². The van der Waals surface area contributed by atoms with Gasteiger partial charge in [0.15, 0.2) is 0 Å². The minimum absolute atomic E-state index is 0.0655. The fraction of sp³-hybridized carbons (Fsp3) is 0.312. The van der Waals surface area contributed by atoms with Gasteiger partial charge in [0.05, 0.1) is 19.1 Å². The second-order valence-electron chi connectivity index (χ2n) is 4.37. The zero-order chi connectivity index (χ0) is 16.2. The van der Waals surface area contributed by atoms with Gasteiger partial charge in [0.25, 0.3) is 0 Å². The number of nitrogens with one attached hydrogen (secondary N) is 2. The second kappa shape index (κ2) is 10.1. The van der Waals surface area contributed by atoms with Gasteiger partial charge >= 0.3 is 6.09 Å². The monoisotopic (exact) mass is 303 g/mol. The van der Waals surface area contributed by atoms with Gasteiger partial charge in [-0.15, -0.1) is 0 Å². The molecule has 0 bridgehead atoms. The average Bonchev–Trinajstić information content (AvgIpc) is 2.52. The Morgan fingerprint density at radius 3 is 2.68 bits per heavy atom. The minimum Gasteiger partial charge on any atom is -0.450 e. The fourth-order valence-corrected chi connectivity index (χ4v) is 1.72. The van der Waals surface area contributed by atoms with Gasteiger partial charge in [-0.25, -0.2) is 10.2 Å². The third-order valence-corrected chi connectivity index (χ3v) is 2.70. The SMILES string of the molecule is C/C=C/C=N\NC(=O)C[C@H](NC(=O)OCC)c1ccccc1. The van der Waals surface area contributed by atoms with Crippen LogP contribution in [0.3, 0.4) is 0 Å². The molecular weight excluding hydrogens is 282 g/mol. The standard InChI is InChI=1S/C16H21N3O3/c1-3-5-11-17-19-15(20)12-14(18-16(21)22-4-2)13-9-7-6-8-10-13/h3,5-11,14H,4,12H2,1-2H3,(H,18,21)(H,19,20)/b5-3+,17-11-/t14-/m0/s1. The Morgan fingerprint density at radius 1 is 1.32 bits per heavy atom. The number of hydrogen-bond donors (Lipinski definition) is 2. The molecule has 2 amide bonds. The summed E-state index contributed by atoms with van der Waals surface area (Å²) in [6.45, 7) is 3.84. The van der Waals surface area contributed by atoms with Crippen molar-refractivity contribution >= 4 is 18.2 Å². The maximum absolute atomic E-state index is 11.9. The summed E-state index contributed by atoms with van der Waals surface area (Å²) < 4.78 is 4.87. The molecule has 118 valence electrons. The number of rotatable bonds is 7. The molecule has 6 nitrogen and oxygen atoms in total. The molecule has 0 fully saturated rings. The van der Waals surface area contributed by atoms with E-state index in [-0.39, 0.29) is 18.9 Å². The Labute approximate surface area is 130 Å². The van der Waals surface area contributed by atoms with Crippen LogP contribution in [-0.4, -0.2) is 24.8 Å². The lowest BCUT2D eigenvalue weighted by Crippen LogP contribution is -2.33. The van der Waals surface area contributed by atoms with Crippen molar-refractivity contribution in [3.63, 3.8) is 0 Å². The van der Waals surface area contributed by atoms with Crippen LogP contribution in [0, 0.1) is 0 Å². The largest absolute Gasteiger partial charge is 0.450 e. The highest BCUT2D eigenvalue weighted by molar-refractivity contribution is 5.80. The molecule has 22 heavy (non-hydrogen) atoms. The molecule has 0 heterocycles. The molecule has 2 N–H and O–H groups in total. The first-order valence-electron chi connectivity index (χ1n) is 7.08. The number of hydrogen-bond acceptors (Lipinski definition) is 4. The van der Waals surface area contributed by atoms with E-state index in [1.54, 1.807) is 19.1 Å². The zero-order valence-electron chi connectivity index (χ0n) is 12.8. The van der Waals surface area contributed by atoms with Crippen molar-refractivity contribution in [3.8, 4) is 0 Å². The molecular formula is C16H21N3O3. The number of carbonyl (C=O) groups excluding carboxylic acids is 2. The highest BCUT2D eigenvalue weighted by atomic mass is 16.5. The first-order chi connectivity index (χ1) is 10.7. The highest BCUT2D eigenvalue weighted by Crippen LogP contribution is 2.16. The van der Waals surface area contributed by atoms with Crippen molar-refractivity contribution in [2.75, 3.05) is 6.61 Å². The molecule has 1 aromatic carbocycles. The van der Waals surface area contributed by atoms with Gasteiger partial charge in [0.1, 0.15) is 0 Å². The van der Waals surface area contributed by atoms with E-state index in [9.17, 15) is 9.59 Å². The van der Waals surface area contributed by atoms with Gasteiger partial charge < -0.3 is 10.1 Å². The Kier molecular flexibility index (Phi) is 8.04. The van der Waals surface area contributed by atoms with E-state index in [2.05, 4.69) is 15.8 Å². The van der Waals surface area contributed by atoms with Gasteiger partial charge in [-0.2, -0.15) is 5.10 Å². The number of ether oxygens (including phenoxy) is 1. The number of hydrazone groups is 1. The zero-order valence-corrected chi connectivity index (χ0v) is 12.8. The second-order valence-corrected chi connectivity index (χ2v) is 4.37. The van der Waals surface area contributed by atoms with Crippen molar-refractivity contribution in [3.05, 3.63) is 48.0 Å². The topological polar surface area (TPSA) is 79.8 Å². The van der Waals surface area contributed by atoms with Crippen molar-refractivity contribution in [2.45, 2.75) is 26.3 Å². The van der Waals surface area contributed by atoms with Gasteiger partial charge in [-0.1, -0.05) is 36.4 Å². The summed E-state index contributed by atoms with van der Waals surface area (Å²) in [5.41, 5.74) is 3.23. The maximum atomic E-state index is 11.9. The Hall–Kier alpha value is -2.63. The summed E-state index contributed by atoms with van der Waals surface area (Å²) in [7, 11) is 0. The lowest BCUT2D eigenvalue weighted by molar-refractivity contribution is -0.121. The minimum atomic E-state index is -0.554. The van der Waals surface area contributed by atoms with Crippen LogP contribution >= 0.6 is 0 Å². The van der Waals surface area contributed by atoms with Crippen LogP contribution in [0.4, 0.5) is 4.79 Å². The Morgan fingerprint density at radius 2 is 2.05 bits per heavy atom. The normalized spacial score (nSPS) is 12.3. The summed E-state index contributed by atoms with van der Waals surface area (Å²) in [6, 6.07) is 8.76. The van der Waals surface area contributed by atoms with Crippen LogP contribution in [0.5, 0.6) is 0 Å². The Balaban J connectivity index is 2.69. The summed E-state index contributed by atoms with van der Waals surface area (Å²) in [5, 5.41) is 6.45. The van der Waals surface area contributed by atoms with Gasteiger partial charge in [0.2, 0.25) is 5.91 Å². The van der Waals surface area contributed by atoms with E-state index in [4.69, 9.17) is 4.74 Å². The third kappa shape index (κ3) is 6.69. The van der Waals surface area contributed by atoms with Crippen molar-refractivity contribution in [1.82, 2.24) is 10.7 Å². The quantitative estimate of drug-likeness (QED) is 0.600. The molecule has 0 spiro atoms. The van der Waals surface area contributed by atoms with Crippen LogP contribution in [-0.2, 0) is 9.53 Å². The summed E-state index contributed by atoms with van der Waals surface area (Å²) in [4.78, 5) is 23.5. The van der Waals surface area contributed by atoms with E-state index in [1.165, 1.54) is 6.21 Å². The summed E-state index contributed by atoms with van der Waals surface area (Å²) in [6.07, 6.45) is 4.49. The molecule has 1 atom stereocenters. The smallest absolute Gasteiger partial charge is 0.407 e. The average molecular weight is 303 g/mol. The summed E-state index contributed by atoms with van der Waals surface area (Å²) >= 11 is 0. The predicted octanol–water partition coefficient (Wildman–Crippen LogP) is 2.54. The Bertz CT molecular complexity index is 527. The van der Waals surface area contributed by atoms with Crippen LogP contribution in [0.2, 0.25) is 0 Å². The maximum Gasteiger partial charge on any atom is 0.407 e. The van der Waals surface area contributed by atoms with Gasteiger partial charge in [0, 0.05) is 6.21 Å². The number of amides is 2. The number of carbonyl (C=O) groups is 2. The molecule has 0 saturated heterocycles. The van der Waals surface area contributed by atoms with Crippen molar-refractivity contribution in [2.24, 2.45) is 5.10 Å². The molecule has 0 radical (unpaired) electrons. The van der Waals surface area contributed by atoms with E-state index in [0.29, 0.717) is 0 Å². The number of benzene rings is 1. The third-order valence-electron chi connectivity index (χ3n) is 2.70. The predicted molar refractivity (Wildman–Crippen MR) is 85.4 cm³/mol. The highest BCUT2D eigenvalue weighted by Gasteiger charge is 2.18.